The predicted molar refractivity (Wildman–Crippen MR) is 104 cm³/mol. The first-order valence-electron chi connectivity index (χ1n) is 8.90. The zero-order chi connectivity index (χ0) is 18.1. The summed E-state index contributed by atoms with van der Waals surface area (Å²) >= 11 is 1.90. The first kappa shape index (κ1) is 19.9. The summed E-state index contributed by atoms with van der Waals surface area (Å²) in [6.45, 7) is 4.12. The Bertz CT molecular complexity index is 553. The van der Waals surface area contributed by atoms with Crippen LogP contribution < -0.4 is 14.8 Å². The molecule has 0 saturated carbocycles. The highest BCUT2D eigenvalue weighted by Gasteiger charge is 2.21. The molecule has 1 aliphatic rings. The summed E-state index contributed by atoms with van der Waals surface area (Å²) in [6, 6.07) is 5.37. The number of rotatable bonds is 9. The fourth-order valence-electron chi connectivity index (χ4n) is 3.35. The van der Waals surface area contributed by atoms with E-state index in [0.29, 0.717) is 29.5 Å². The number of amides is 1. The SMILES string of the molecule is COc1cccc(C(=O)NC[C@H]2CCCN(CCCSC)C2)c1OC. The Balaban J connectivity index is 1.87. The van der Waals surface area contributed by atoms with E-state index in [1.807, 2.05) is 17.8 Å². The van der Waals surface area contributed by atoms with Gasteiger partial charge in [0, 0.05) is 13.1 Å². The Hall–Kier alpha value is -1.40. The number of thioether (sulfide) groups is 1. The largest absolute Gasteiger partial charge is 0.493 e. The lowest BCUT2D eigenvalue weighted by Crippen LogP contribution is -2.41. The molecule has 1 fully saturated rings. The van der Waals surface area contributed by atoms with Gasteiger partial charge in [0.15, 0.2) is 11.5 Å². The van der Waals surface area contributed by atoms with E-state index < -0.39 is 0 Å². The highest BCUT2D eigenvalue weighted by molar-refractivity contribution is 7.98. The molecule has 0 unspecified atom stereocenters. The first-order chi connectivity index (χ1) is 12.2. The van der Waals surface area contributed by atoms with Crippen molar-refractivity contribution in [3.8, 4) is 11.5 Å². The molecule has 140 valence electrons. The van der Waals surface area contributed by atoms with Gasteiger partial charge in [-0.25, -0.2) is 0 Å². The van der Waals surface area contributed by atoms with Crippen molar-refractivity contribution in [2.75, 3.05) is 52.4 Å². The molecular weight excluding hydrogens is 336 g/mol. The number of carbonyl (C=O) groups excluding carboxylic acids is 1. The summed E-state index contributed by atoms with van der Waals surface area (Å²) in [4.78, 5) is 15.1. The minimum atomic E-state index is -0.102. The summed E-state index contributed by atoms with van der Waals surface area (Å²) < 4.78 is 10.6. The van der Waals surface area contributed by atoms with Gasteiger partial charge in [-0.15, -0.1) is 0 Å². The smallest absolute Gasteiger partial charge is 0.255 e. The number of piperidine rings is 1. The number of carbonyl (C=O) groups is 1. The summed E-state index contributed by atoms with van der Waals surface area (Å²) in [7, 11) is 3.13. The second-order valence-corrected chi connectivity index (χ2v) is 7.39. The van der Waals surface area contributed by atoms with Gasteiger partial charge in [-0.1, -0.05) is 6.07 Å². The molecule has 0 radical (unpaired) electrons. The number of likely N-dealkylation sites (tertiary alicyclic amines) is 1. The van der Waals surface area contributed by atoms with Crippen molar-refractivity contribution in [3.63, 3.8) is 0 Å². The molecular formula is C19H30N2O3S. The Labute approximate surface area is 155 Å². The second kappa shape index (κ2) is 10.6. The summed E-state index contributed by atoms with van der Waals surface area (Å²) in [5, 5.41) is 3.08. The number of methoxy groups -OCH3 is 2. The van der Waals surface area contributed by atoms with Gasteiger partial charge in [0.2, 0.25) is 0 Å². The van der Waals surface area contributed by atoms with Crippen molar-refractivity contribution >= 4 is 17.7 Å². The molecule has 1 aliphatic heterocycles. The minimum Gasteiger partial charge on any atom is -0.493 e. The standard InChI is InChI=1S/C19H30N2O3S/c1-23-17-9-4-8-16(18(17)24-2)19(22)20-13-15-7-5-10-21(14-15)11-6-12-25-3/h4,8-9,15H,5-7,10-14H2,1-3H3,(H,20,22)/t15-/m1/s1. The lowest BCUT2D eigenvalue weighted by molar-refractivity contribution is 0.0929. The molecule has 5 nitrogen and oxygen atoms in total. The van der Waals surface area contributed by atoms with Gasteiger partial charge >= 0.3 is 0 Å². The normalized spacial score (nSPS) is 18.0. The zero-order valence-corrected chi connectivity index (χ0v) is 16.4. The molecule has 0 bridgehead atoms. The number of para-hydroxylation sites is 1. The Morgan fingerprint density at radius 3 is 2.92 bits per heavy atom. The molecule has 6 heteroatoms. The average Bonchev–Trinajstić information content (AvgIpc) is 2.66. The number of hydrogen-bond acceptors (Lipinski definition) is 5. The van der Waals surface area contributed by atoms with Crippen molar-refractivity contribution in [2.24, 2.45) is 5.92 Å². The Morgan fingerprint density at radius 1 is 1.36 bits per heavy atom. The number of ether oxygens (including phenoxy) is 2. The molecule has 1 heterocycles. The van der Waals surface area contributed by atoms with Gasteiger partial charge < -0.3 is 19.7 Å². The van der Waals surface area contributed by atoms with Crippen molar-refractivity contribution in [1.82, 2.24) is 10.2 Å². The summed E-state index contributed by atoms with van der Waals surface area (Å²) in [5.41, 5.74) is 0.523. The molecule has 1 aromatic carbocycles. The van der Waals surface area contributed by atoms with E-state index in [9.17, 15) is 4.79 Å². The molecule has 1 saturated heterocycles. The van der Waals surface area contributed by atoms with Crippen LogP contribution in [0, 0.1) is 5.92 Å². The van der Waals surface area contributed by atoms with Crippen LogP contribution in [0.2, 0.25) is 0 Å². The van der Waals surface area contributed by atoms with Crippen LogP contribution in [0.3, 0.4) is 0 Å². The molecule has 1 N–H and O–H groups in total. The predicted octanol–water partition coefficient (Wildman–Crippen LogP) is 2.90. The third-order valence-electron chi connectivity index (χ3n) is 4.62. The number of nitrogens with zero attached hydrogens (tertiary/aromatic N) is 1. The third kappa shape index (κ3) is 5.82. The first-order valence-corrected chi connectivity index (χ1v) is 10.3. The van der Waals surface area contributed by atoms with Crippen LogP contribution in [-0.4, -0.2) is 63.2 Å². The topological polar surface area (TPSA) is 50.8 Å². The van der Waals surface area contributed by atoms with Crippen LogP contribution >= 0.6 is 11.8 Å². The maximum absolute atomic E-state index is 12.6. The van der Waals surface area contributed by atoms with Gasteiger partial charge in [0.05, 0.1) is 19.8 Å². The van der Waals surface area contributed by atoms with Crippen LogP contribution in [0.4, 0.5) is 0 Å². The molecule has 1 amide bonds. The minimum absolute atomic E-state index is 0.102. The molecule has 0 spiro atoms. The molecule has 1 aromatic rings. The molecule has 2 rings (SSSR count). The Morgan fingerprint density at radius 2 is 2.20 bits per heavy atom. The van der Waals surface area contributed by atoms with Crippen LogP contribution in [0.25, 0.3) is 0 Å². The van der Waals surface area contributed by atoms with Crippen molar-refractivity contribution in [2.45, 2.75) is 19.3 Å². The zero-order valence-electron chi connectivity index (χ0n) is 15.5. The molecule has 1 atom stereocenters. The van der Waals surface area contributed by atoms with E-state index in [-0.39, 0.29) is 5.91 Å². The molecule has 0 aliphatic carbocycles. The average molecular weight is 367 g/mol. The highest BCUT2D eigenvalue weighted by atomic mass is 32.2. The maximum Gasteiger partial charge on any atom is 0.255 e. The van der Waals surface area contributed by atoms with Gasteiger partial charge in [-0.3, -0.25) is 4.79 Å². The maximum atomic E-state index is 12.6. The summed E-state index contributed by atoms with van der Waals surface area (Å²) in [6.07, 6.45) is 5.78. The lowest BCUT2D eigenvalue weighted by atomic mass is 9.97. The van der Waals surface area contributed by atoms with Gasteiger partial charge in [0.1, 0.15) is 0 Å². The van der Waals surface area contributed by atoms with E-state index in [1.54, 1.807) is 26.4 Å². The monoisotopic (exact) mass is 366 g/mol. The van der Waals surface area contributed by atoms with E-state index in [0.717, 1.165) is 13.1 Å². The fourth-order valence-corrected chi connectivity index (χ4v) is 3.77. The van der Waals surface area contributed by atoms with Crippen LogP contribution in [0.1, 0.15) is 29.6 Å². The van der Waals surface area contributed by atoms with Crippen molar-refractivity contribution in [1.29, 1.82) is 0 Å². The number of hydrogen-bond donors (Lipinski definition) is 1. The van der Waals surface area contributed by atoms with Gasteiger partial charge in [-0.2, -0.15) is 11.8 Å². The van der Waals surface area contributed by atoms with Crippen molar-refractivity contribution in [3.05, 3.63) is 23.8 Å². The lowest BCUT2D eigenvalue weighted by Gasteiger charge is -2.32. The third-order valence-corrected chi connectivity index (χ3v) is 5.32. The second-order valence-electron chi connectivity index (χ2n) is 6.41. The molecule has 0 aromatic heterocycles. The van der Waals surface area contributed by atoms with Crippen LogP contribution in [-0.2, 0) is 0 Å². The van der Waals surface area contributed by atoms with Gasteiger partial charge in [0.25, 0.3) is 5.91 Å². The van der Waals surface area contributed by atoms with Crippen LogP contribution in [0.15, 0.2) is 18.2 Å². The Kier molecular flexibility index (Phi) is 8.41. The van der Waals surface area contributed by atoms with E-state index in [4.69, 9.17) is 9.47 Å². The van der Waals surface area contributed by atoms with Gasteiger partial charge in [-0.05, 0) is 62.4 Å². The highest BCUT2D eigenvalue weighted by Crippen LogP contribution is 2.30. The number of benzene rings is 1. The van der Waals surface area contributed by atoms with E-state index in [2.05, 4.69) is 16.5 Å². The fraction of sp³-hybridized carbons (Fsp3) is 0.632. The quantitative estimate of drug-likeness (QED) is 0.681. The van der Waals surface area contributed by atoms with Crippen LogP contribution in [0.5, 0.6) is 11.5 Å². The molecule has 25 heavy (non-hydrogen) atoms. The van der Waals surface area contributed by atoms with E-state index in [1.165, 1.54) is 31.6 Å². The van der Waals surface area contributed by atoms with Crippen molar-refractivity contribution < 1.29 is 14.3 Å². The summed E-state index contributed by atoms with van der Waals surface area (Å²) in [5.74, 6) is 2.70. The van der Waals surface area contributed by atoms with E-state index >= 15 is 0 Å². The number of nitrogens with one attached hydrogen (secondary N) is 1.